The molecule has 0 unspecified atom stereocenters. The average Bonchev–Trinajstić information content (AvgIpc) is 3.02. The minimum atomic E-state index is -0.243. The van der Waals surface area contributed by atoms with E-state index in [1.54, 1.807) is 0 Å². The Kier molecular flexibility index (Phi) is 6.25. The summed E-state index contributed by atoms with van der Waals surface area (Å²) >= 11 is 1.35. The molecule has 0 aliphatic heterocycles. The first kappa shape index (κ1) is 19.1. The number of aryl methyl sites for hydroxylation is 1. The predicted molar refractivity (Wildman–Crippen MR) is 101 cm³/mol. The van der Waals surface area contributed by atoms with E-state index >= 15 is 0 Å². The van der Waals surface area contributed by atoms with Crippen LogP contribution in [0.15, 0.2) is 24.3 Å². The van der Waals surface area contributed by atoms with E-state index in [1.165, 1.54) is 16.9 Å². The molecule has 0 spiro atoms. The summed E-state index contributed by atoms with van der Waals surface area (Å²) in [5, 5.41) is 14.9. The minimum absolute atomic E-state index is 0.101. The Morgan fingerprint density at radius 3 is 2.12 bits per heavy atom. The number of carbonyl (C=O) groups excluding carboxylic acids is 2. The summed E-state index contributed by atoms with van der Waals surface area (Å²) in [4.78, 5) is 23.9. The topological polar surface area (TPSA) is 84.0 Å². The van der Waals surface area contributed by atoms with Gasteiger partial charge in [0.2, 0.25) is 16.9 Å². The number of hydrogen-bond donors (Lipinski definition) is 2. The zero-order chi connectivity index (χ0) is 18.4. The van der Waals surface area contributed by atoms with E-state index in [-0.39, 0.29) is 30.1 Å². The molecule has 0 saturated carbocycles. The normalized spacial score (nSPS) is 11.2. The summed E-state index contributed by atoms with van der Waals surface area (Å²) in [6.07, 6.45) is 1.17. The molecule has 0 aliphatic rings. The molecule has 0 saturated heterocycles. The number of aromatic nitrogens is 2. The first-order valence-corrected chi connectivity index (χ1v) is 9.12. The van der Waals surface area contributed by atoms with Gasteiger partial charge in [-0.2, -0.15) is 0 Å². The van der Waals surface area contributed by atoms with Crippen molar-refractivity contribution >= 4 is 34.0 Å². The molecule has 1 heterocycles. The zero-order valence-electron chi connectivity index (χ0n) is 15.0. The molecule has 0 bridgehead atoms. The van der Waals surface area contributed by atoms with Gasteiger partial charge in [0.1, 0.15) is 5.01 Å². The van der Waals surface area contributed by atoms with E-state index in [4.69, 9.17) is 0 Å². The fourth-order valence-electron chi connectivity index (χ4n) is 2.03. The maximum absolute atomic E-state index is 12.0. The molecule has 7 heteroatoms. The standard InChI is InChI=1S/C18H24N4O2S/c1-5-12-6-8-13(9-7-12)19-14(23)10-11-15(24)20-17-22-21-16(25-17)18(2,3)4/h6-9H,5,10-11H2,1-4H3,(H,19,23)(H,20,22,24). The second-order valence-corrected chi connectivity index (χ2v) is 7.79. The molecule has 0 radical (unpaired) electrons. The SMILES string of the molecule is CCc1ccc(NC(=O)CCC(=O)Nc2nnc(C(C)(C)C)s2)cc1. The van der Waals surface area contributed by atoms with Crippen molar-refractivity contribution in [1.29, 1.82) is 0 Å². The maximum Gasteiger partial charge on any atom is 0.226 e. The molecular formula is C18H24N4O2S. The van der Waals surface area contributed by atoms with Crippen LogP contribution in [0.1, 0.15) is 51.1 Å². The minimum Gasteiger partial charge on any atom is -0.326 e. The second kappa shape index (κ2) is 8.20. The average molecular weight is 360 g/mol. The number of anilines is 2. The highest BCUT2D eigenvalue weighted by molar-refractivity contribution is 7.15. The Bertz CT molecular complexity index is 732. The lowest BCUT2D eigenvalue weighted by atomic mass is 9.98. The van der Waals surface area contributed by atoms with E-state index in [0.29, 0.717) is 5.13 Å². The zero-order valence-corrected chi connectivity index (χ0v) is 15.9. The number of amides is 2. The first-order chi connectivity index (χ1) is 11.8. The monoisotopic (exact) mass is 360 g/mol. The van der Waals surface area contributed by atoms with Gasteiger partial charge in [0.15, 0.2) is 0 Å². The third-order valence-corrected chi connectivity index (χ3v) is 4.80. The van der Waals surface area contributed by atoms with Crippen LogP contribution in [0.2, 0.25) is 0 Å². The van der Waals surface area contributed by atoms with Crippen LogP contribution in [-0.2, 0) is 21.4 Å². The van der Waals surface area contributed by atoms with Crippen LogP contribution in [0, 0.1) is 0 Å². The maximum atomic E-state index is 12.0. The molecule has 0 atom stereocenters. The van der Waals surface area contributed by atoms with Crippen molar-refractivity contribution in [2.45, 2.75) is 52.4 Å². The number of hydrogen-bond acceptors (Lipinski definition) is 5. The molecule has 6 nitrogen and oxygen atoms in total. The van der Waals surface area contributed by atoms with Gasteiger partial charge in [-0.15, -0.1) is 10.2 Å². The number of carbonyl (C=O) groups is 2. The van der Waals surface area contributed by atoms with Crippen LogP contribution in [0.4, 0.5) is 10.8 Å². The van der Waals surface area contributed by atoms with Gasteiger partial charge in [-0.25, -0.2) is 0 Å². The van der Waals surface area contributed by atoms with Crippen LogP contribution < -0.4 is 10.6 Å². The lowest BCUT2D eigenvalue weighted by Crippen LogP contribution is -2.17. The molecule has 2 amide bonds. The molecule has 2 N–H and O–H groups in total. The highest BCUT2D eigenvalue weighted by Gasteiger charge is 2.20. The van der Waals surface area contributed by atoms with Crippen molar-refractivity contribution in [2.24, 2.45) is 0 Å². The van der Waals surface area contributed by atoms with E-state index in [9.17, 15) is 9.59 Å². The summed E-state index contributed by atoms with van der Waals surface area (Å²) in [5.74, 6) is -0.430. The Labute approximate surface area is 152 Å². The summed E-state index contributed by atoms with van der Waals surface area (Å²) in [7, 11) is 0. The van der Waals surface area contributed by atoms with Gasteiger partial charge >= 0.3 is 0 Å². The first-order valence-electron chi connectivity index (χ1n) is 8.30. The van der Waals surface area contributed by atoms with Gasteiger partial charge in [0, 0.05) is 23.9 Å². The van der Waals surface area contributed by atoms with Crippen molar-refractivity contribution in [3.63, 3.8) is 0 Å². The summed E-state index contributed by atoms with van der Waals surface area (Å²) in [5.41, 5.74) is 1.85. The largest absolute Gasteiger partial charge is 0.326 e. The molecule has 0 fully saturated rings. The van der Waals surface area contributed by atoms with Crippen molar-refractivity contribution in [1.82, 2.24) is 10.2 Å². The fourth-order valence-corrected chi connectivity index (χ4v) is 2.85. The Morgan fingerprint density at radius 2 is 1.60 bits per heavy atom. The second-order valence-electron chi connectivity index (χ2n) is 6.81. The van der Waals surface area contributed by atoms with E-state index in [0.717, 1.165) is 17.1 Å². The molecule has 1 aromatic heterocycles. The van der Waals surface area contributed by atoms with Crippen molar-refractivity contribution < 1.29 is 9.59 Å². The van der Waals surface area contributed by atoms with E-state index in [2.05, 4.69) is 27.8 Å². The number of nitrogens with zero attached hydrogens (tertiary/aromatic N) is 2. The number of nitrogens with one attached hydrogen (secondary N) is 2. The highest BCUT2D eigenvalue weighted by Crippen LogP contribution is 2.27. The molecule has 134 valence electrons. The van der Waals surface area contributed by atoms with Crippen LogP contribution >= 0.6 is 11.3 Å². The van der Waals surface area contributed by atoms with Crippen molar-refractivity contribution in [2.75, 3.05) is 10.6 Å². The smallest absolute Gasteiger partial charge is 0.226 e. The molecule has 2 aromatic rings. The Morgan fingerprint density at radius 1 is 1.00 bits per heavy atom. The Hall–Kier alpha value is -2.28. The van der Waals surface area contributed by atoms with Gasteiger partial charge in [-0.1, -0.05) is 51.2 Å². The Balaban J connectivity index is 1.79. The fraction of sp³-hybridized carbons (Fsp3) is 0.444. The third-order valence-electron chi connectivity index (χ3n) is 3.54. The van der Waals surface area contributed by atoms with Gasteiger partial charge < -0.3 is 10.6 Å². The van der Waals surface area contributed by atoms with Crippen LogP contribution in [0.25, 0.3) is 0 Å². The third kappa shape index (κ3) is 5.94. The van der Waals surface area contributed by atoms with Crippen molar-refractivity contribution in [3.05, 3.63) is 34.8 Å². The molecule has 25 heavy (non-hydrogen) atoms. The van der Waals surface area contributed by atoms with E-state index < -0.39 is 0 Å². The number of benzene rings is 1. The molecule has 2 rings (SSSR count). The molecule has 0 aliphatic carbocycles. The summed E-state index contributed by atoms with van der Waals surface area (Å²) in [6.45, 7) is 8.19. The van der Waals surface area contributed by atoms with Gasteiger partial charge in [0.05, 0.1) is 0 Å². The summed E-state index contributed by atoms with van der Waals surface area (Å²) < 4.78 is 0. The van der Waals surface area contributed by atoms with Gasteiger partial charge in [0.25, 0.3) is 0 Å². The lowest BCUT2D eigenvalue weighted by Gasteiger charge is -2.12. The van der Waals surface area contributed by atoms with Crippen molar-refractivity contribution in [3.8, 4) is 0 Å². The predicted octanol–water partition coefficient (Wildman–Crippen LogP) is 3.76. The molecular weight excluding hydrogens is 336 g/mol. The summed E-state index contributed by atoms with van der Waals surface area (Å²) in [6, 6.07) is 7.69. The van der Waals surface area contributed by atoms with Crippen LogP contribution in [0.5, 0.6) is 0 Å². The van der Waals surface area contributed by atoms with E-state index in [1.807, 2.05) is 45.0 Å². The lowest BCUT2D eigenvalue weighted by molar-refractivity contribution is -0.121. The van der Waals surface area contributed by atoms with Gasteiger partial charge in [-0.05, 0) is 24.1 Å². The highest BCUT2D eigenvalue weighted by atomic mass is 32.1. The van der Waals surface area contributed by atoms with Crippen LogP contribution in [0.3, 0.4) is 0 Å². The van der Waals surface area contributed by atoms with Crippen LogP contribution in [-0.4, -0.2) is 22.0 Å². The van der Waals surface area contributed by atoms with Gasteiger partial charge in [-0.3, -0.25) is 9.59 Å². The number of rotatable bonds is 6. The quantitative estimate of drug-likeness (QED) is 0.821. The molecule has 1 aromatic carbocycles.